The monoisotopic (exact) mass is 235 g/mol. The normalized spacial score (nSPS) is 12.6. The number of nitrogens with one attached hydrogen (secondary N) is 1. The molecular weight excluding hydrogens is 224 g/mol. The van der Waals surface area contributed by atoms with Crippen LogP contribution >= 0.6 is 0 Å². The molecule has 0 radical (unpaired) electrons. The first-order chi connectivity index (χ1) is 7.52. The molecule has 0 saturated heterocycles. The Hall–Kier alpha value is -1.77. The van der Waals surface area contributed by atoms with Crippen molar-refractivity contribution in [1.29, 1.82) is 0 Å². The van der Waals surface area contributed by atoms with Gasteiger partial charge in [-0.2, -0.15) is 15.0 Å². The molecule has 1 aromatic heterocycles. The van der Waals surface area contributed by atoms with Gasteiger partial charge in [0.1, 0.15) is 6.10 Å². The summed E-state index contributed by atoms with van der Waals surface area (Å²) in [7, 11) is 1.33. The highest BCUT2D eigenvalue weighted by atomic mass is 19.3. The predicted octanol–water partition coefficient (Wildman–Crippen LogP) is -0.500. The van der Waals surface area contributed by atoms with E-state index in [1.54, 1.807) is 0 Å². The fourth-order valence-corrected chi connectivity index (χ4v) is 0.827. The zero-order valence-corrected chi connectivity index (χ0v) is 8.39. The Bertz CT molecular complexity index is 352. The first-order valence-electron chi connectivity index (χ1n) is 4.28. The molecule has 0 saturated carbocycles. The van der Waals surface area contributed by atoms with Gasteiger partial charge in [-0.25, -0.2) is 8.78 Å². The molecule has 1 rings (SSSR count). The molecule has 0 aliphatic carbocycles. The van der Waals surface area contributed by atoms with Crippen molar-refractivity contribution < 1.29 is 18.6 Å². The van der Waals surface area contributed by atoms with E-state index in [2.05, 4.69) is 20.3 Å². The molecule has 0 aliphatic heterocycles. The number of aliphatic hydroxyl groups is 1. The van der Waals surface area contributed by atoms with Gasteiger partial charge in [0, 0.05) is 6.54 Å². The highest BCUT2D eigenvalue weighted by Crippen LogP contribution is 2.08. The lowest BCUT2D eigenvalue weighted by Gasteiger charge is -2.10. The summed E-state index contributed by atoms with van der Waals surface area (Å²) >= 11 is 0. The van der Waals surface area contributed by atoms with Crippen molar-refractivity contribution in [2.45, 2.75) is 12.5 Å². The fourth-order valence-electron chi connectivity index (χ4n) is 0.827. The zero-order chi connectivity index (χ0) is 12.1. The second-order valence-corrected chi connectivity index (χ2v) is 2.79. The van der Waals surface area contributed by atoms with E-state index >= 15 is 0 Å². The Morgan fingerprint density at radius 3 is 2.69 bits per heavy atom. The SMILES string of the molecule is COc1nc(N)nc(NCC(O)C(F)F)n1. The minimum atomic E-state index is -2.84. The summed E-state index contributed by atoms with van der Waals surface area (Å²) < 4.78 is 28.6. The molecule has 0 aromatic carbocycles. The molecular formula is C7H11F2N5O2. The number of methoxy groups -OCH3 is 1. The number of nitrogen functional groups attached to an aromatic ring is 1. The third-order valence-corrected chi connectivity index (χ3v) is 1.57. The summed E-state index contributed by atoms with van der Waals surface area (Å²) in [6, 6.07) is -0.0402. The number of hydrogen-bond acceptors (Lipinski definition) is 7. The lowest BCUT2D eigenvalue weighted by molar-refractivity contribution is 0.00376. The molecule has 4 N–H and O–H groups in total. The van der Waals surface area contributed by atoms with Crippen LogP contribution in [0, 0.1) is 0 Å². The first-order valence-corrected chi connectivity index (χ1v) is 4.28. The number of nitrogens with zero attached hydrogens (tertiary/aromatic N) is 3. The quantitative estimate of drug-likeness (QED) is 0.631. The molecule has 0 fully saturated rings. The van der Waals surface area contributed by atoms with Gasteiger partial charge in [0.05, 0.1) is 7.11 Å². The van der Waals surface area contributed by atoms with E-state index < -0.39 is 19.1 Å². The zero-order valence-electron chi connectivity index (χ0n) is 8.39. The van der Waals surface area contributed by atoms with Crippen LogP contribution in [0.5, 0.6) is 6.01 Å². The number of aromatic nitrogens is 3. The third kappa shape index (κ3) is 3.42. The van der Waals surface area contributed by atoms with Crippen molar-refractivity contribution in [2.75, 3.05) is 24.7 Å². The Morgan fingerprint density at radius 2 is 2.12 bits per heavy atom. The van der Waals surface area contributed by atoms with Crippen LogP contribution < -0.4 is 15.8 Å². The predicted molar refractivity (Wildman–Crippen MR) is 51.3 cm³/mol. The van der Waals surface area contributed by atoms with Crippen molar-refractivity contribution >= 4 is 11.9 Å². The maximum Gasteiger partial charge on any atom is 0.322 e. The molecule has 1 unspecified atom stereocenters. The highest BCUT2D eigenvalue weighted by Gasteiger charge is 2.17. The van der Waals surface area contributed by atoms with E-state index in [4.69, 9.17) is 15.6 Å². The van der Waals surface area contributed by atoms with Crippen molar-refractivity contribution in [2.24, 2.45) is 0 Å². The lowest BCUT2D eigenvalue weighted by atomic mass is 10.4. The topological polar surface area (TPSA) is 106 Å². The minimum Gasteiger partial charge on any atom is -0.467 e. The maximum atomic E-state index is 12.0. The smallest absolute Gasteiger partial charge is 0.322 e. The van der Waals surface area contributed by atoms with E-state index in [0.717, 1.165) is 0 Å². The number of hydrogen-bond donors (Lipinski definition) is 3. The molecule has 1 aromatic rings. The molecule has 0 spiro atoms. The second-order valence-electron chi connectivity index (χ2n) is 2.79. The molecule has 0 bridgehead atoms. The molecule has 90 valence electrons. The van der Waals surface area contributed by atoms with Gasteiger partial charge in [0.25, 0.3) is 6.43 Å². The fraction of sp³-hybridized carbons (Fsp3) is 0.571. The minimum absolute atomic E-state index is 0.0379. The van der Waals surface area contributed by atoms with Crippen molar-refractivity contribution in [3.8, 4) is 6.01 Å². The molecule has 0 aliphatic rings. The maximum absolute atomic E-state index is 12.0. The summed E-state index contributed by atoms with van der Waals surface area (Å²) in [4.78, 5) is 10.9. The number of ether oxygens (including phenoxy) is 1. The molecule has 1 heterocycles. The van der Waals surface area contributed by atoms with Crippen molar-refractivity contribution in [3.05, 3.63) is 0 Å². The van der Waals surface area contributed by atoms with Crippen molar-refractivity contribution in [3.63, 3.8) is 0 Å². The first kappa shape index (κ1) is 12.3. The molecule has 16 heavy (non-hydrogen) atoms. The number of halogens is 2. The number of anilines is 2. The van der Waals surface area contributed by atoms with Crippen LogP contribution in [-0.4, -0.2) is 46.2 Å². The van der Waals surface area contributed by atoms with Crippen LogP contribution in [0.2, 0.25) is 0 Å². The van der Waals surface area contributed by atoms with E-state index in [0.29, 0.717) is 0 Å². The van der Waals surface area contributed by atoms with Gasteiger partial charge in [-0.15, -0.1) is 0 Å². The number of aliphatic hydroxyl groups excluding tert-OH is 1. The van der Waals surface area contributed by atoms with Gasteiger partial charge >= 0.3 is 6.01 Å². The number of alkyl halides is 2. The van der Waals surface area contributed by atoms with Gasteiger partial charge < -0.3 is 20.9 Å². The Morgan fingerprint density at radius 1 is 1.44 bits per heavy atom. The van der Waals surface area contributed by atoms with E-state index in [1.165, 1.54) is 7.11 Å². The molecule has 0 amide bonds. The van der Waals surface area contributed by atoms with Gasteiger partial charge in [0.2, 0.25) is 11.9 Å². The summed E-state index contributed by atoms with van der Waals surface area (Å²) in [5.74, 6) is -0.148. The molecule has 7 nitrogen and oxygen atoms in total. The van der Waals surface area contributed by atoms with Gasteiger partial charge in [-0.1, -0.05) is 0 Å². The van der Waals surface area contributed by atoms with Crippen LogP contribution in [0.3, 0.4) is 0 Å². The van der Waals surface area contributed by atoms with Gasteiger partial charge in [0.15, 0.2) is 0 Å². The summed E-state index contributed by atoms with van der Waals surface area (Å²) in [5.41, 5.74) is 5.31. The summed E-state index contributed by atoms with van der Waals surface area (Å²) in [5, 5.41) is 11.2. The van der Waals surface area contributed by atoms with E-state index in [-0.39, 0.29) is 17.9 Å². The molecule has 9 heteroatoms. The number of rotatable bonds is 5. The summed E-state index contributed by atoms with van der Waals surface area (Å²) in [6.07, 6.45) is -4.64. The van der Waals surface area contributed by atoms with Crippen LogP contribution in [0.15, 0.2) is 0 Å². The van der Waals surface area contributed by atoms with Crippen molar-refractivity contribution in [1.82, 2.24) is 15.0 Å². The largest absolute Gasteiger partial charge is 0.467 e. The van der Waals surface area contributed by atoms with E-state index in [9.17, 15) is 8.78 Å². The second kappa shape index (κ2) is 5.35. The Balaban J connectivity index is 2.63. The van der Waals surface area contributed by atoms with Crippen LogP contribution in [0.25, 0.3) is 0 Å². The molecule has 1 atom stereocenters. The highest BCUT2D eigenvalue weighted by molar-refractivity contribution is 5.32. The van der Waals surface area contributed by atoms with Crippen LogP contribution in [-0.2, 0) is 0 Å². The van der Waals surface area contributed by atoms with Crippen LogP contribution in [0.4, 0.5) is 20.7 Å². The average molecular weight is 235 g/mol. The third-order valence-electron chi connectivity index (χ3n) is 1.57. The standard InChI is InChI=1S/C7H11F2N5O2/c1-16-7-13-5(10)12-6(14-7)11-2-3(15)4(8)9/h3-4,15H,2H2,1H3,(H3,10,11,12,13,14). The van der Waals surface area contributed by atoms with E-state index in [1.807, 2.05) is 0 Å². The van der Waals surface area contributed by atoms with Crippen LogP contribution in [0.1, 0.15) is 0 Å². The summed E-state index contributed by atoms with van der Waals surface area (Å²) in [6.45, 7) is -0.399. The lowest BCUT2D eigenvalue weighted by Crippen LogP contribution is -2.27. The number of nitrogens with two attached hydrogens (primary N) is 1. The van der Waals surface area contributed by atoms with Gasteiger partial charge in [-0.3, -0.25) is 0 Å². The Kier molecular flexibility index (Phi) is 4.11. The average Bonchev–Trinajstić information content (AvgIpc) is 2.24. The van der Waals surface area contributed by atoms with Gasteiger partial charge in [-0.05, 0) is 0 Å². The Labute approximate surface area is 89.7 Å².